The van der Waals surface area contributed by atoms with Gasteiger partial charge in [0.25, 0.3) is 0 Å². The molecule has 94 valence electrons. The highest BCUT2D eigenvalue weighted by molar-refractivity contribution is 5.91. The van der Waals surface area contributed by atoms with Gasteiger partial charge in [-0.1, -0.05) is 12.1 Å². The Hall–Kier alpha value is -1.81. The van der Waals surface area contributed by atoms with Gasteiger partial charge in [-0.25, -0.2) is 0 Å². The minimum Gasteiger partial charge on any atom is -0.504 e. The summed E-state index contributed by atoms with van der Waals surface area (Å²) in [7, 11) is 4.73. The maximum absolute atomic E-state index is 10.7. The van der Waals surface area contributed by atoms with E-state index in [1.807, 2.05) is 0 Å². The van der Waals surface area contributed by atoms with Crippen molar-refractivity contribution in [1.29, 1.82) is 0 Å². The van der Waals surface area contributed by atoms with Crippen LogP contribution in [-0.4, -0.2) is 32.2 Å². The van der Waals surface area contributed by atoms with Crippen molar-refractivity contribution in [2.45, 2.75) is 6.92 Å². The molecule has 1 aromatic rings. The van der Waals surface area contributed by atoms with Gasteiger partial charge in [0.05, 0.1) is 7.11 Å². The second-order valence-corrected chi connectivity index (χ2v) is 3.28. The summed E-state index contributed by atoms with van der Waals surface area (Å²) in [5, 5.41) is 9.30. The average molecular weight is 238 g/mol. The van der Waals surface area contributed by atoms with Gasteiger partial charge in [0.2, 0.25) is 0 Å². The Balaban J connectivity index is 0.000000770. The lowest BCUT2D eigenvalue weighted by atomic mass is 10.2. The number of aromatic hydroxyl groups is 1. The van der Waals surface area contributed by atoms with Crippen LogP contribution in [0.5, 0.6) is 11.5 Å². The monoisotopic (exact) mass is 238 g/mol. The third kappa shape index (κ3) is 6.37. The first-order valence-electron chi connectivity index (χ1n) is 5.01. The van der Waals surface area contributed by atoms with Crippen LogP contribution in [0.4, 0.5) is 0 Å². The van der Waals surface area contributed by atoms with Crippen LogP contribution < -0.4 is 4.74 Å². The van der Waals surface area contributed by atoms with Crippen molar-refractivity contribution >= 4 is 11.9 Å². The molecule has 0 radical (unpaired) electrons. The van der Waals surface area contributed by atoms with Crippen LogP contribution in [0.25, 0.3) is 6.08 Å². The van der Waals surface area contributed by atoms with Gasteiger partial charge in [-0.15, -0.1) is 0 Å². The number of ether oxygens (including phenoxy) is 2. The summed E-state index contributed by atoms with van der Waals surface area (Å²) >= 11 is 0. The van der Waals surface area contributed by atoms with Gasteiger partial charge in [-0.3, -0.25) is 4.79 Å². The Morgan fingerprint density at radius 1 is 1.29 bits per heavy atom. The summed E-state index contributed by atoms with van der Waals surface area (Å²) in [6, 6.07) is 4.89. The Kier molecular flexibility index (Phi) is 7.46. The summed E-state index contributed by atoms with van der Waals surface area (Å²) < 4.78 is 9.17. The van der Waals surface area contributed by atoms with E-state index in [4.69, 9.17) is 4.74 Å². The number of carbonyl (C=O) groups excluding carboxylic acids is 1. The smallest absolute Gasteiger partial charge is 0.161 e. The standard InChI is InChI=1S/C11H12O3.C2H6O/c1-8(12)3-4-9-5-6-10(13)11(7-9)14-2;1-3-2/h3-7,13H,1-2H3;1-2H3. The van der Waals surface area contributed by atoms with Crippen LogP contribution in [0.2, 0.25) is 0 Å². The molecular formula is C13H18O4. The quantitative estimate of drug-likeness (QED) is 0.821. The molecule has 0 aromatic heterocycles. The lowest BCUT2D eigenvalue weighted by Gasteiger charge is -2.03. The predicted octanol–water partition coefficient (Wildman–Crippen LogP) is 2.27. The molecule has 0 fully saturated rings. The van der Waals surface area contributed by atoms with E-state index in [2.05, 4.69) is 4.74 Å². The highest BCUT2D eigenvalue weighted by Gasteiger charge is 2.00. The molecule has 0 saturated heterocycles. The topological polar surface area (TPSA) is 55.8 Å². The number of allylic oxidation sites excluding steroid dienone is 1. The maximum Gasteiger partial charge on any atom is 0.161 e. The molecule has 0 spiro atoms. The fourth-order valence-electron chi connectivity index (χ4n) is 1.01. The van der Waals surface area contributed by atoms with Crippen molar-refractivity contribution in [3.05, 3.63) is 29.8 Å². The molecular weight excluding hydrogens is 220 g/mol. The normalized spacial score (nSPS) is 9.65. The number of benzene rings is 1. The van der Waals surface area contributed by atoms with E-state index in [0.29, 0.717) is 5.75 Å². The molecule has 4 nitrogen and oxygen atoms in total. The first kappa shape index (κ1) is 15.2. The van der Waals surface area contributed by atoms with Crippen molar-refractivity contribution in [2.24, 2.45) is 0 Å². The number of methoxy groups -OCH3 is 2. The van der Waals surface area contributed by atoms with E-state index in [0.717, 1.165) is 5.56 Å². The SMILES string of the molecule is COC.COc1cc(C=CC(C)=O)ccc1O. The summed E-state index contributed by atoms with van der Waals surface area (Å²) in [5.41, 5.74) is 0.815. The predicted molar refractivity (Wildman–Crippen MR) is 67.3 cm³/mol. The van der Waals surface area contributed by atoms with Crippen LogP contribution >= 0.6 is 0 Å². The summed E-state index contributed by atoms with van der Waals surface area (Å²) in [5.74, 6) is 0.472. The van der Waals surface area contributed by atoms with Crippen molar-refractivity contribution in [1.82, 2.24) is 0 Å². The number of ketones is 1. The second-order valence-electron chi connectivity index (χ2n) is 3.28. The van der Waals surface area contributed by atoms with Crippen LogP contribution in [0, 0.1) is 0 Å². The van der Waals surface area contributed by atoms with Crippen LogP contribution in [-0.2, 0) is 9.53 Å². The fourth-order valence-corrected chi connectivity index (χ4v) is 1.01. The van der Waals surface area contributed by atoms with Gasteiger partial charge < -0.3 is 14.6 Å². The van der Waals surface area contributed by atoms with Crippen LogP contribution in [0.3, 0.4) is 0 Å². The molecule has 4 heteroatoms. The fraction of sp³-hybridized carbons (Fsp3) is 0.308. The molecule has 0 amide bonds. The number of phenolic OH excluding ortho intramolecular Hbond substituents is 1. The van der Waals surface area contributed by atoms with Gasteiger partial charge in [-0.2, -0.15) is 0 Å². The molecule has 0 unspecified atom stereocenters. The minimum absolute atomic E-state index is 0.0166. The van der Waals surface area contributed by atoms with Crippen molar-refractivity contribution in [3.8, 4) is 11.5 Å². The number of hydrogen-bond acceptors (Lipinski definition) is 4. The summed E-state index contributed by atoms with van der Waals surface area (Å²) in [6.07, 6.45) is 3.14. The molecule has 0 aliphatic rings. The maximum atomic E-state index is 10.7. The third-order valence-electron chi connectivity index (χ3n) is 1.71. The lowest BCUT2D eigenvalue weighted by molar-refractivity contribution is -0.112. The molecule has 1 rings (SSSR count). The first-order valence-corrected chi connectivity index (χ1v) is 5.01. The molecule has 0 saturated carbocycles. The zero-order valence-corrected chi connectivity index (χ0v) is 10.6. The van der Waals surface area contributed by atoms with Crippen molar-refractivity contribution in [3.63, 3.8) is 0 Å². The van der Waals surface area contributed by atoms with E-state index in [9.17, 15) is 9.90 Å². The number of carbonyl (C=O) groups is 1. The highest BCUT2D eigenvalue weighted by Crippen LogP contribution is 2.26. The first-order chi connectivity index (χ1) is 8.04. The highest BCUT2D eigenvalue weighted by atomic mass is 16.5. The summed E-state index contributed by atoms with van der Waals surface area (Å²) in [4.78, 5) is 10.7. The van der Waals surface area contributed by atoms with Gasteiger partial charge in [0.1, 0.15) is 0 Å². The van der Waals surface area contributed by atoms with E-state index < -0.39 is 0 Å². The Labute approximate surface area is 101 Å². The van der Waals surface area contributed by atoms with E-state index in [1.54, 1.807) is 32.4 Å². The molecule has 17 heavy (non-hydrogen) atoms. The van der Waals surface area contributed by atoms with Crippen LogP contribution in [0.15, 0.2) is 24.3 Å². The van der Waals surface area contributed by atoms with Gasteiger partial charge in [0.15, 0.2) is 17.3 Å². The lowest BCUT2D eigenvalue weighted by Crippen LogP contribution is -1.85. The molecule has 0 heterocycles. The zero-order valence-electron chi connectivity index (χ0n) is 10.6. The van der Waals surface area contributed by atoms with Crippen LogP contribution in [0.1, 0.15) is 12.5 Å². The summed E-state index contributed by atoms with van der Waals surface area (Å²) in [6.45, 7) is 1.48. The third-order valence-corrected chi connectivity index (χ3v) is 1.71. The van der Waals surface area contributed by atoms with E-state index in [-0.39, 0.29) is 11.5 Å². The molecule has 1 aromatic carbocycles. The van der Waals surface area contributed by atoms with E-state index in [1.165, 1.54) is 26.2 Å². The molecule has 0 aliphatic carbocycles. The zero-order chi connectivity index (χ0) is 13.3. The molecule has 0 atom stereocenters. The Bertz CT molecular complexity index is 383. The van der Waals surface area contributed by atoms with E-state index >= 15 is 0 Å². The largest absolute Gasteiger partial charge is 0.504 e. The molecule has 0 bridgehead atoms. The van der Waals surface area contributed by atoms with Gasteiger partial charge >= 0.3 is 0 Å². The number of phenols is 1. The van der Waals surface area contributed by atoms with Gasteiger partial charge in [0, 0.05) is 14.2 Å². The second kappa shape index (κ2) is 8.35. The molecule has 0 aliphatic heterocycles. The Morgan fingerprint density at radius 3 is 2.35 bits per heavy atom. The van der Waals surface area contributed by atoms with Gasteiger partial charge in [-0.05, 0) is 30.7 Å². The molecule has 1 N–H and O–H groups in total. The van der Waals surface area contributed by atoms with Crippen molar-refractivity contribution < 1.29 is 19.4 Å². The van der Waals surface area contributed by atoms with Crippen molar-refractivity contribution in [2.75, 3.05) is 21.3 Å². The minimum atomic E-state index is -0.0166. The number of rotatable bonds is 3. The number of hydrogen-bond donors (Lipinski definition) is 1. The Morgan fingerprint density at radius 2 is 1.88 bits per heavy atom. The average Bonchev–Trinajstić information content (AvgIpc) is 2.29.